The molecule has 9 unspecified atom stereocenters. The van der Waals surface area contributed by atoms with Crippen molar-refractivity contribution < 1.29 is 14.4 Å². The van der Waals surface area contributed by atoms with E-state index in [9.17, 15) is 14.4 Å². The minimum absolute atomic E-state index is 0. The van der Waals surface area contributed by atoms with Gasteiger partial charge in [-0.3, -0.25) is 19.3 Å². The van der Waals surface area contributed by atoms with Gasteiger partial charge in [-0.15, -0.1) is 11.8 Å². The molecule has 1 saturated heterocycles. The number of carbonyl (C=O) groups is 3. The number of nitrogens with one attached hydrogen (secondary N) is 2. The first-order chi connectivity index (χ1) is 19.2. The fourth-order valence-electron chi connectivity index (χ4n) is 10.6. The van der Waals surface area contributed by atoms with Gasteiger partial charge >= 0.3 is 0 Å². The third-order valence-corrected chi connectivity index (χ3v) is 14.1. The monoisotopic (exact) mass is 586 g/mol. The van der Waals surface area contributed by atoms with E-state index >= 15 is 0 Å². The van der Waals surface area contributed by atoms with E-state index in [-0.39, 0.29) is 37.2 Å². The predicted octanol–water partition coefficient (Wildman–Crippen LogP) is 5.55. The number of thioether (sulfide) groups is 1. The Morgan fingerprint density at radius 2 is 1.80 bits per heavy atom. The summed E-state index contributed by atoms with van der Waals surface area (Å²) in [6.45, 7) is 7.15. The van der Waals surface area contributed by atoms with Gasteiger partial charge in [0.15, 0.2) is 0 Å². The number of carbonyl (C=O) groups excluding carboxylic acids is 3. The molecular formula is C33H54N4O3S. The highest BCUT2D eigenvalue weighted by atomic mass is 32.2. The quantitative estimate of drug-likeness (QED) is 0.268. The summed E-state index contributed by atoms with van der Waals surface area (Å²) in [6.07, 6.45) is 16.7. The van der Waals surface area contributed by atoms with Crippen molar-refractivity contribution in [2.75, 3.05) is 12.4 Å². The molecule has 4 N–H and O–H groups in total. The molecule has 0 radical (unpaired) electrons. The van der Waals surface area contributed by atoms with Crippen LogP contribution in [0, 0.1) is 40.4 Å². The fraction of sp³-hybridized carbons (Fsp3) is 0.848. The summed E-state index contributed by atoms with van der Waals surface area (Å²) in [5, 5.41) is 5.39. The van der Waals surface area contributed by atoms with Crippen LogP contribution in [0.15, 0.2) is 11.3 Å². The minimum atomic E-state index is -0.550. The average Bonchev–Trinajstić information content (AvgIpc) is 3.27. The zero-order valence-electron chi connectivity index (χ0n) is 24.8. The second kappa shape index (κ2) is 11.9. The SMILES string of the molecule is C.CC1=C(C(=O)NCN)N2C(=O)C(NC(=O)CCCC3CCC4C5CCC6CCCCC6(C)C5CCC34C)C2SC1. The third kappa shape index (κ3) is 5.07. The Balaban J connectivity index is 0.00000337. The average molecular weight is 587 g/mol. The number of nitrogens with two attached hydrogens (primary N) is 1. The molecule has 41 heavy (non-hydrogen) atoms. The maximum atomic E-state index is 13.0. The highest BCUT2D eigenvalue weighted by Crippen LogP contribution is 2.67. The van der Waals surface area contributed by atoms with Crippen LogP contribution in [0.4, 0.5) is 0 Å². The molecule has 4 aliphatic carbocycles. The molecule has 0 aromatic carbocycles. The molecule has 2 aliphatic heterocycles. The molecule has 5 fully saturated rings. The lowest BCUT2D eigenvalue weighted by Gasteiger charge is -2.60. The van der Waals surface area contributed by atoms with Crippen molar-refractivity contribution in [3.63, 3.8) is 0 Å². The van der Waals surface area contributed by atoms with Crippen LogP contribution in [-0.4, -0.2) is 46.5 Å². The van der Waals surface area contributed by atoms with Crippen molar-refractivity contribution in [3.8, 4) is 0 Å². The summed E-state index contributed by atoms with van der Waals surface area (Å²) in [5.74, 6) is 4.52. The molecule has 6 aliphatic rings. The lowest BCUT2D eigenvalue weighted by atomic mass is 9.45. The first kappa shape index (κ1) is 30.9. The Labute approximate surface area is 252 Å². The number of β-lactam (4-membered cyclic amide) rings is 1. The molecule has 230 valence electrons. The van der Waals surface area contributed by atoms with Gasteiger partial charge in [-0.25, -0.2) is 0 Å². The summed E-state index contributed by atoms with van der Waals surface area (Å²) in [4.78, 5) is 39.9. The minimum Gasteiger partial charge on any atom is -0.342 e. The number of fused-ring (bicyclic) bond motifs is 6. The Morgan fingerprint density at radius 1 is 1.02 bits per heavy atom. The van der Waals surface area contributed by atoms with Crippen LogP contribution >= 0.6 is 11.8 Å². The Bertz CT molecular complexity index is 1080. The lowest BCUT2D eigenvalue weighted by Crippen LogP contribution is -2.71. The van der Waals surface area contributed by atoms with E-state index in [1.807, 2.05) is 6.92 Å². The molecule has 0 aromatic rings. The molecular weight excluding hydrogens is 532 g/mol. The Kier molecular flexibility index (Phi) is 8.94. The van der Waals surface area contributed by atoms with E-state index in [1.54, 1.807) is 11.8 Å². The van der Waals surface area contributed by atoms with E-state index in [2.05, 4.69) is 24.5 Å². The van der Waals surface area contributed by atoms with Crippen LogP contribution < -0.4 is 16.4 Å². The van der Waals surface area contributed by atoms with Crippen LogP contribution in [0.1, 0.15) is 112 Å². The zero-order chi connectivity index (χ0) is 28.2. The van der Waals surface area contributed by atoms with Crippen molar-refractivity contribution >= 4 is 29.5 Å². The lowest BCUT2D eigenvalue weighted by molar-refractivity contribution is -0.147. The molecule has 0 bridgehead atoms. The van der Waals surface area contributed by atoms with Crippen molar-refractivity contribution in [3.05, 3.63) is 11.3 Å². The maximum absolute atomic E-state index is 13.0. The standard InChI is InChI=1S/C32H50N4O3S.CH4/c1-19-17-40-30-26(29(39)36(30)27(19)28(38)34-18-33)35-25(37)9-6-8-21-11-13-23-22-12-10-20-7-4-5-15-31(20,2)24(22)14-16-32(21,23)3;/h20-24,26,30H,4-18,33H2,1-3H3,(H,34,38)(H,35,37);1H4. The molecule has 0 spiro atoms. The molecule has 9 atom stereocenters. The van der Waals surface area contributed by atoms with E-state index in [0.717, 1.165) is 48.0 Å². The zero-order valence-corrected chi connectivity index (χ0v) is 25.6. The van der Waals surface area contributed by atoms with E-state index in [1.165, 1.54) is 69.1 Å². The van der Waals surface area contributed by atoms with Crippen LogP contribution in [0.5, 0.6) is 0 Å². The predicted molar refractivity (Wildman–Crippen MR) is 165 cm³/mol. The van der Waals surface area contributed by atoms with E-state index in [4.69, 9.17) is 5.73 Å². The number of hydrogen-bond donors (Lipinski definition) is 3. The van der Waals surface area contributed by atoms with Gasteiger partial charge in [0.1, 0.15) is 17.1 Å². The van der Waals surface area contributed by atoms with Crippen LogP contribution in [0.2, 0.25) is 0 Å². The van der Waals surface area contributed by atoms with Gasteiger partial charge < -0.3 is 16.4 Å². The summed E-state index contributed by atoms with van der Waals surface area (Å²) in [5.41, 5.74) is 7.77. The summed E-state index contributed by atoms with van der Waals surface area (Å²) < 4.78 is 0. The molecule has 0 aromatic heterocycles. The number of hydrogen-bond acceptors (Lipinski definition) is 5. The molecule has 7 nitrogen and oxygen atoms in total. The molecule has 6 rings (SSSR count). The van der Waals surface area contributed by atoms with Crippen molar-refractivity contribution in [2.45, 2.75) is 123 Å². The highest BCUT2D eigenvalue weighted by Gasteiger charge is 2.59. The normalized spacial score (nSPS) is 41.2. The largest absolute Gasteiger partial charge is 0.342 e. The van der Waals surface area contributed by atoms with Crippen LogP contribution in [-0.2, 0) is 14.4 Å². The molecule has 8 heteroatoms. The van der Waals surface area contributed by atoms with Gasteiger partial charge in [-0.2, -0.15) is 0 Å². The second-order valence-electron chi connectivity index (χ2n) is 14.4. The van der Waals surface area contributed by atoms with Crippen LogP contribution in [0.25, 0.3) is 0 Å². The third-order valence-electron chi connectivity index (χ3n) is 12.7. The summed E-state index contributed by atoms with van der Waals surface area (Å²) >= 11 is 1.61. The highest BCUT2D eigenvalue weighted by molar-refractivity contribution is 8.00. The van der Waals surface area contributed by atoms with Crippen molar-refractivity contribution in [1.29, 1.82) is 0 Å². The Hall–Kier alpha value is -1.54. The smallest absolute Gasteiger partial charge is 0.269 e. The first-order valence-electron chi connectivity index (χ1n) is 16.1. The van der Waals surface area contributed by atoms with Gasteiger partial charge in [0, 0.05) is 12.2 Å². The number of rotatable bonds is 7. The molecule has 2 heterocycles. The summed E-state index contributed by atoms with van der Waals surface area (Å²) in [6, 6.07) is -0.550. The topological polar surface area (TPSA) is 105 Å². The van der Waals surface area contributed by atoms with Gasteiger partial charge in [-0.1, -0.05) is 34.1 Å². The van der Waals surface area contributed by atoms with E-state index in [0.29, 0.717) is 28.7 Å². The van der Waals surface area contributed by atoms with E-state index < -0.39 is 6.04 Å². The first-order valence-corrected chi connectivity index (χ1v) is 17.2. The molecule has 4 saturated carbocycles. The maximum Gasteiger partial charge on any atom is 0.269 e. The number of nitrogens with zero attached hydrogens (tertiary/aromatic N) is 1. The van der Waals surface area contributed by atoms with Crippen LogP contribution in [0.3, 0.4) is 0 Å². The van der Waals surface area contributed by atoms with Gasteiger partial charge in [0.05, 0.1) is 6.67 Å². The second-order valence-corrected chi connectivity index (χ2v) is 15.5. The van der Waals surface area contributed by atoms with Gasteiger partial charge in [0.25, 0.3) is 11.8 Å². The molecule has 3 amide bonds. The fourth-order valence-corrected chi connectivity index (χ4v) is 11.9. The van der Waals surface area contributed by atoms with Crippen molar-refractivity contribution in [2.24, 2.45) is 46.2 Å². The van der Waals surface area contributed by atoms with Gasteiger partial charge in [-0.05, 0) is 117 Å². The summed E-state index contributed by atoms with van der Waals surface area (Å²) in [7, 11) is 0. The Morgan fingerprint density at radius 3 is 2.59 bits per heavy atom. The van der Waals surface area contributed by atoms with Gasteiger partial charge in [0.2, 0.25) is 5.91 Å². The number of amides is 3. The van der Waals surface area contributed by atoms with Crippen molar-refractivity contribution in [1.82, 2.24) is 15.5 Å².